The van der Waals surface area contributed by atoms with Crippen molar-refractivity contribution in [3.63, 3.8) is 0 Å². The van der Waals surface area contributed by atoms with E-state index < -0.39 is 6.09 Å². The Bertz CT molecular complexity index is 253. The fourth-order valence-corrected chi connectivity index (χ4v) is 2.26. The first-order chi connectivity index (χ1) is 6.19. The summed E-state index contributed by atoms with van der Waals surface area (Å²) in [6, 6.07) is -0.200. The van der Waals surface area contributed by atoms with Crippen molar-refractivity contribution in [3.8, 4) is 0 Å². The minimum Gasteiger partial charge on any atom is -0.465 e. The molecule has 0 aromatic heterocycles. The first-order valence-corrected chi connectivity index (χ1v) is 5.31. The Kier molecular flexibility index (Phi) is 3.61. The Hall–Kier alpha value is -0.690. The molecule has 0 aromatic carbocycles. The van der Waals surface area contributed by atoms with Gasteiger partial charge in [0.25, 0.3) is 0 Å². The number of likely N-dealkylation sites (tertiary alicyclic amines) is 1. The molecular weight excluding hydrogens is 287 g/mol. The predicted molar refractivity (Wildman–Crippen MR) is 55.0 cm³/mol. The Balaban J connectivity index is 2.66. The van der Waals surface area contributed by atoms with E-state index in [1.54, 1.807) is 0 Å². The molecule has 7 heteroatoms. The summed E-state index contributed by atoms with van der Waals surface area (Å²) in [6.07, 6.45) is -0.295. The van der Waals surface area contributed by atoms with Crippen LogP contribution in [0.3, 0.4) is 0 Å². The third-order valence-electron chi connectivity index (χ3n) is 2.03. The summed E-state index contributed by atoms with van der Waals surface area (Å²) in [5.41, 5.74) is 8.20. The molecular formula is C6H9IN4O2. The van der Waals surface area contributed by atoms with E-state index in [9.17, 15) is 4.79 Å². The molecule has 1 aliphatic rings. The molecule has 0 saturated carbocycles. The summed E-state index contributed by atoms with van der Waals surface area (Å²) < 4.78 is 0.738. The first kappa shape index (κ1) is 10.4. The largest absolute Gasteiger partial charge is 0.465 e. The molecule has 1 aliphatic heterocycles. The van der Waals surface area contributed by atoms with Crippen LogP contribution < -0.4 is 0 Å². The van der Waals surface area contributed by atoms with Crippen LogP contribution >= 0.6 is 22.6 Å². The number of amides is 1. The van der Waals surface area contributed by atoms with Crippen LogP contribution in [0.1, 0.15) is 6.42 Å². The topological polar surface area (TPSA) is 89.3 Å². The Labute approximate surface area is 88.7 Å². The zero-order chi connectivity index (χ0) is 9.84. The zero-order valence-corrected chi connectivity index (χ0v) is 8.96. The molecule has 1 amide bonds. The third kappa shape index (κ3) is 2.38. The smallest absolute Gasteiger partial charge is 0.407 e. The second-order valence-corrected chi connectivity index (χ2v) is 3.72. The number of hydrogen-bond acceptors (Lipinski definition) is 2. The maximum Gasteiger partial charge on any atom is 0.407 e. The number of carbonyl (C=O) groups is 1. The standard InChI is InChI=1S/C6H9IN4O2/c7-2-5-1-4(9-10-8)3-11(5)6(12)13/h4-5H,1-3H2,(H,12,13)/t4-,5+/m1/s1. The number of hydrogen-bond donors (Lipinski definition) is 1. The molecule has 0 radical (unpaired) electrons. The van der Waals surface area contributed by atoms with Crippen LogP contribution in [0.4, 0.5) is 4.79 Å². The average molecular weight is 296 g/mol. The van der Waals surface area contributed by atoms with Crippen molar-refractivity contribution >= 4 is 28.7 Å². The predicted octanol–water partition coefficient (Wildman–Crippen LogP) is 1.85. The molecule has 0 aliphatic carbocycles. The van der Waals surface area contributed by atoms with Crippen molar-refractivity contribution in [2.45, 2.75) is 18.5 Å². The van der Waals surface area contributed by atoms with Crippen LogP contribution in [0.25, 0.3) is 10.4 Å². The lowest BCUT2D eigenvalue weighted by Crippen LogP contribution is -2.35. The SMILES string of the molecule is [N-]=[N+]=N[C@@H]1C[C@@H](CI)N(C(=O)O)C1. The first-order valence-electron chi connectivity index (χ1n) is 3.78. The molecule has 0 unspecified atom stereocenters. The quantitative estimate of drug-likeness (QED) is 0.277. The summed E-state index contributed by atoms with van der Waals surface area (Å²) in [6.45, 7) is 0.326. The van der Waals surface area contributed by atoms with Crippen LogP contribution in [0, 0.1) is 0 Å². The van der Waals surface area contributed by atoms with Crippen molar-refractivity contribution in [1.29, 1.82) is 0 Å². The molecule has 1 rings (SSSR count). The van der Waals surface area contributed by atoms with Crippen molar-refractivity contribution in [2.75, 3.05) is 11.0 Å². The minimum atomic E-state index is -0.933. The van der Waals surface area contributed by atoms with Gasteiger partial charge in [0, 0.05) is 21.9 Å². The van der Waals surface area contributed by atoms with Gasteiger partial charge >= 0.3 is 6.09 Å². The Morgan fingerprint density at radius 3 is 2.92 bits per heavy atom. The molecule has 1 fully saturated rings. The van der Waals surface area contributed by atoms with Crippen LogP contribution in [0.5, 0.6) is 0 Å². The van der Waals surface area contributed by atoms with Gasteiger partial charge in [0.1, 0.15) is 0 Å². The highest BCUT2D eigenvalue weighted by atomic mass is 127. The van der Waals surface area contributed by atoms with Crippen molar-refractivity contribution < 1.29 is 9.90 Å². The number of alkyl halides is 1. The van der Waals surface area contributed by atoms with Gasteiger partial charge in [0.2, 0.25) is 0 Å². The number of halogens is 1. The average Bonchev–Trinajstić information content (AvgIpc) is 2.48. The fourth-order valence-electron chi connectivity index (χ4n) is 1.43. The van der Waals surface area contributed by atoms with E-state index in [0.29, 0.717) is 13.0 Å². The number of azide groups is 1. The van der Waals surface area contributed by atoms with E-state index in [2.05, 4.69) is 32.6 Å². The lowest BCUT2D eigenvalue weighted by atomic mass is 10.2. The molecule has 0 spiro atoms. The van der Waals surface area contributed by atoms with E-state index >= 15 is 0 Å². The second kappa shape index (κ2) is 4.52. The molecule has 1 saturated heterocycles. The lowest BCUT2D eigenvalue weighted by molar-refractivity contribution is 0.144. The number of rotatable bonds is 2. The summed E-state index contributed by atoms with van der Waals surface area (Å²) in [4.78, 5) is 14.7. The highest BCUT2D eigenvalue weighted by Gasteiger charge is 2.33. The normalized spacial score (nSPS) is 27.0. The highest BCUT2D eigenvalue weighted by molar-refractivity contribution is 14.1. The van der Waals surface area contributed by atoms with Gasteiger partial charge in [-0.25, -0.2) is 4.79 Å². The fraction of sp³-hybridized carbons (Fsp3) is 0.833. The Morgan fingerprint density at radius 2 is 2.54 bits per heavy atom. The van der Waals surface area contributed by atoms with Gasteiger partial charge in [0.05, 0.1) is 6.04 Å². The highest BCUT2D eigenvalue weighted by Crippen LogP contribution is 2.22. The number of nitrogens with zero attached hydrogens (tertiary/aromatic N) is 4. The van der Waals surface area contributed by atoms with E-state index in [4.69, 9.17) is 10.6 Å². The van der Waals surface area contributed by atoms with Crippen LogP contribution in [0.15, 0.2) is 5.11 Å². The summed E-state index contributed by atoms with van der Waals surface area (Å²) in [5.74, 6) is 0. The van der Waals surface area contributed by atoms with Gasteiger partial charge in [-0.1, -0.05) is 27.7 Å². The molecule has 2 atom stereocenters. The van der Waals surface area contributed by atoms with E-state index in [-0.39, 0.29) is 12.1 Å². The summed E-state index contributed by atoms with van der Waals surface area (Å²) >= 11 is 2.14. The van der Waals surface area contributed by atoms with E-state index in [1.807, 2.05) is 0 Å². The van der Waals surface area contributed by atoms with Gasteiger partial charge in [0.15, 0.2) is 0 Å². The Morgan fingerprint density at radius 1 is 1.85 bits per heavy atom. The maximum absolute atomic E-state index is 10.7. The molecule has 6 nitrogen and oxygen atoms in total. The third-order valence-corrected chi connectivity index (χ3v) is 3.05. The monoisotopic (exact) mass is 296 g/mol. The minimum absolute atomic E-state index is 0.00593. The second-order valence-electron chi connectivity index (χ2n) is 2.84. The van der Waals surface area contributed by atoms with E-state index in [1.165, 1.54) is 4.90 Å². The molecule has 13 heavy (non-hydrogen) atoms. The molecule has 1 N–H and O–H groups in total. The van der Waals surface area contributed by atoms with Crippen molar-refractivity contribution in [2.24, 2.45) is 5.11 Å². The number of carboxylic acid groups (broad SMARTS) is 1. The summed E-state index contributed by atoms with van der Waals surface area (Å²) in [5, 5.41) is 12.3. The van der Waals surface area contributed by atoms with Crippen molar-refractivity contribution in [1.82, 2.24) is 4.90 Å². The lowest BCUT2D eigenvalue weighted by Gasteiger charge is -2.18. The molecule has 72 valence electrons. The van der Waals surface area contributed by atoms with Crippen LogP contribution in [0.2, 0.25) is 0 Å². The zero-order valence-electron chi connectivity index (χ0n) is 6.80. The van der Waals surface area contributed by atoms with Gasteiger partial charge in [-0.15, -0.1) is 0 Å². The van der Waals surface area contributed by atoms with Gasteiger partial charge in [-0.3, -0.25) is 0 Å². The van der Waals surface area contributed by atoms with Gasteiger partial charge < -0.3 is 10.0 Å². The maximum atomic E-state index is 10.7. The van der Waals surface area contributed by atoms with Gasteiger partial charge in [-0.05, 0) is 12.0 Å². The molecule has 1 heterocycles. The van der Waals surface area contributed by atoms with Crippen molar-refractivity contribution in [3.05, 3.63) is 10.4 Å². The van der Waals surface area contributed by atoms with Crippen LogP contribution in [-0.2, 0) is 0 Å². The summed E-state index contributed by atoms with van der Waals surface area (Å²) in [7, 11) is 0. The van der Waals surface area contributed by atoms with Gasteiger partial charge in [-0.2, -0.15) is 0 Å². The van der Waals surface area contributed by atoms with E-state index in [0.717, 1.165) is 4.43 Å². The molecule has 0 aromatic rings. The molecule has 0 bridgehead atoms. The van der Waals surface area contributed by atoms with Crippen LogP contribution in [-0.4, -0.2) is 39.2 Å².